The van der Waals surface area contributed by atoms with Gasteiger partial charge in [-0.1, -0.05) is 6.92 Å². The van der Waals surface area contributed by atoms with Crippen molar-refractivity contribution in [3.05, 3.63) is 0 Å². The van der Waals surface area contributed by atoms with Gasteiger partial charge in [0.25, 0.3) is 0 Å². The first-order valence-electron chi connectivity index (χ1n) is 4.15. The molecule has 4 nitrogen and oxygen atoms in total. The summed E-state index contributed by atoms with van der Waals surface area (Å²) in [5.41, 5.74) is 0. The molecule has 1 saturated heterocycles. The number of carboxylic acid groups (broad SMARTS) is 1. The van der Waals surface area contributed by atoms with Crippen molar-refractivity contribution in [3.8, 4) is 0 Å². The van der Waals surface area contributed by atoms with E-state index in [1.54, 1.807) is 7.11 Å². The molecule has 0 aromatic heterocycles. The van der Waals surface area contributed by atoms with Crippen molar-refractivity contribution in [3.63, 3.8) is 0 Å². The smallest absolute Gasteiger partial charge is 0.407 e. The molecule has 4 heteroatoms. The van der Waals surface area contributed by atoms with Gasteiger partial charge in [-0.05, 0) is 6.42 Å². The van der Waals surface area contributed by atoms with E-state index in [1.807, 2.05) is 6.92 Å². The second-order valence-corrected chi connectivity index (χ2v) is 3.27. The van der Waals surface area contributed by atoms with Gasteiger partial charge in [0.15, 0.2) is 0 Å². The second kappa shape index (κ2) is 3.76. The minimum atomic E-state index is -0.823. The van der Waals surface area contributed by atoms with E-state index < -0.39 is 6.09 Å². The zero-order valence-corrected chi connectivity index (χ0v) is 7.49. The van der Waals surface area contributed by atoms with Crippen LogP contribution in [0, 0.1) is 5.92 Å². The maximum Gasteiger partial charge on any atom is 0.407 e. The molecule has 1 heterocycles. The van der Waals surface area contributed by atoms with E-state index in [4.69, 9.17) is 9.84 Å². The van der Waals surface area contributed by atoms with Crippen molar-refractivity contribution in [2.24, 2.45) is 5.92 Å². The maximum absolute atomic E-state index is 10.6. The van der Waals surface area contributed by atoms with Gasteiger partial charge in [-0.3, -0.25) is 0 Å². The number of hydrogen-bond donors (Lipinski definition) is 1. The van der Waals surface area contributed by atoms with Crippen molar-refractivity contribution < 1.29 is 14.6 Å². The van der Waals surface area contributed by atoms with E-state index >= 15 is 0 Å². The Balaban J connectivity index is 2.46. The Bertz CT molecular complexity index is 172. The number of rotatable bonds is 1. The maximum atomic E-state index is 10.6. The average Bonchev–Trinajstić information content (AvgIpc) is 2.04. The highest BCUT2D eigenvalue weighted by Crippen LogP contribution is 2.18. The lowest BCUT2D eigenvalue weighted by atomic mass is 9.97. The molecule has 1 aliphatic rings. The minimum absolute atomic E-state index is 0.223. The Hall–Kier alpha value is -0.770. The second-order valence-electron chi connectivity index (χ2n) is 3.27. The zero-order chi connectivity index (χ0) is 9.14. The highest BCUT2D eigenvalue weighted by Gasteiger charge is 2.27. The summed E-state index contributed by atoms with van der Waals surface area (Å²) in [6.45, 7) is 3.20. The third-order valence-corrected chi connectivity index (χ3v) is 2.40. The number of carbonyl (C=O) groups is 1. The van der Waals surface area contributed by atoms with Crippen LogP contribution in [0.1, 0.15) is 13.3 Å². The van der Waals surface area contributed by atoms with Crippen LogP contribution in [0.5, 0.6) is 0 Å². The summed E-state index contributed by atoms with van der Waals surface area (Å²) in [6, 6.07) is 0. The molecule has 1 fully saturated rings. The topological polar surface area (TPSA) is 49.8 Å². The van der Waals surface area contributed by atoms with Gasteiger partial charge in [0.2, 0.25) is 0 Å². The summed E-state index contributed by atoms with van der Waals surface area (Å²) in [6.07, 6.45) is 0.209. The highest BCUT2D eigenvalue weighted by atomic mass is 16.5. The summed E-state index contributed by atoms with van der Waals surface area (Å²) in [5.74, 6) is 0.305. The Labute approximate surface area is 72.1 Å². The number of ether oxygens (including phenoxy) is 1. The summed E-state index contributed by atoms with van der Waals surface area (Å²) in [7, 11) is 1.68. The third-order valence-electron chi connectivity index (χ3n) is 2.40. The summed E-state index contributed by atoms with van der Waals surface area (Å²) >= 11 is 0. The minimum Gasteiger partial charge on any atom is -0.465 e. The molecular weight excluding hydrogens is 158 g/mol. The largest absolute Gasteiger partial charge is 0.465 e. The number of piperidine rings is 1. The standard InChI is InChI=1S/C8H15NO3/c1-6-5-9(8(10)11)4-3-7(6)12-2/h6-7H,3-5H2,1-2H3,(H,10,11). The average molecular weight is 173 g/mol. The van der Waals surface area contributed by atoms with Crippen LogP contribution in [0.25, 0.3) is 0 Å². The van der Waals surface area contributed by atoms with Gasteiger partial charge in [0, 0.05) is 26.1 Å². The quantitative estimate of drug-likeness (QED) is 0.644. The SMILES string of the molecule is COC1CCN(C(=O)O)CC1C. The molecule has 0 aromatic carbocycles. The third kappa shape index (κ3) is 1.88. The van der Waals surface area contributed by atoms with E-state index in [1.165, 1.54) is 4.90 Å². The number of hydrogen-bond acceptors (Lipinski definition) is 2. The van der Waals surface area contributed by atoms with Crippen molar-refractivity contribution in [1.29, 1.82) is 0 Å². The van der Waals surface area contributed by atoms with Crippen molar-refractivity contribution in [1.82, 2.24) is 4.90 Å². The molecule has 2 atom stereocenters. The van der Waals surface area contributed by atoms with Crippen molar-refractivity contribution in [2.45, 2.75) is 19.4 Å². The fraction of sp³-hybridized carbons (Fsp3) is 0.875. The summed E-state index contributed by atoms with van der Waals surface area (Å²) in [4.78, 5) is 12.0. The molecule has 1 amide bonds. The molecule has 1 N–H and O–H groups in total. The number of methoxy groups -OCH3 is 1. The Morgan fingerprint density at radius 2 is 2.33 bits per heavy atom. The predicted octanol–water partition coefficient (Wildman–Crippen LogP) is 1.02. The van der Waals surface area contributed by atoms with Crippen LogP contribution >= 0.6 is 0 Å². The molecule has 2 unspecified atom stereocenters. The van der Waals surface area contributed by atoms with Gasteiger partial charge >= 0.3 is 6.09 Å². The van der Waals surface area contributed by atoms with Gasteiger partial charge in [0.1, 0.15) is 0 Å². The lowest BCUT2D eigenvalue weighted by Crippen LogP contribution is -2.44. The summed E-state index contributed by atoms with van der Waals surface area (Å²) in [5, 5.41) is 8.70. The van der Waals surface area contributed by atoms with Gasteiger partial charge < -0.3 is 14.7 Å². The zero-order valence-electron chi connectivity index (χ0n) is 7.49. The Morgan fingerprint density at radius 3 is 2.75 bits per heavy atom. The van der Waals surface area contributed by atoms with Crippen LogP contribution in [-0.4, -0.2) is 42.4 Å². The van der Waals surface area contributed by atoms with Crippen LogP contribution in [0.15, 0.2) is 0 Å². The first kappa shape index (κ1) is 9.32. The molecule has 0 saturated carbocycles. The number of amides is 1. The highest BCUT2D eigenvalue weighted by molar-refractivity contribution is 5.65. The van der Waals surface area contributed by atoms with Crippen LogP contribution in [0.4, 0.5) is 4.79 Å². The molecule has 0 aromatic rings. The van der Waals surface area contributed by atoms with Crippen LogP contribution < -0.4 is 0 Å². The lowest BCUT2D eigenvalue weighted by molar-refractivity contribution is 0.00439. The van der Waals surface area contributed by atoms with Gasteiger partial charge in [-0.25, -0.2) is 4.79 Å². The van der Waals surface area contributed by atoms with Crippen molar-refractivity contribution >= 4 is 6.09 Å². The molecule has 1 rings (SSSR count). The predicted molar refractivity (Wildman–Crippen MR) is 44.2 cm³/mol. The molecule has 0 bridgehead atoms. The fourth-order valence-electron chi connectivity index (χ4n) is 1.65. The molecule has 0 spiro atoms. The molecular formula is C8H15NO3. The van der Waals surface area contributed by atoms with Crippen LogP contribution in [0.2, 0.25) is 0 Å². The first-order chi connectivity index (χ1) is 5.65. The molecule has 12 heavy (non-hydrogen) atoms. The van der Waals surface area contributed by atoms with E-state index in [-0.39, 0.29) is 6.10 Å². The van der Waals surface area contributed by atoms with E-state index in [2.05, 4.69) is 0 Å². The van der Waals surface area contributed by atoms with Crippen LogP contribution in [0.3, 0.4) is 0 Å². The van der Waals surface area contributed by atoms with Crippen LogP contribution in [-0.2, 0) is 4.74 Å². The normalized spacial score (nSPS) is 30.3. The summed E-state index contributed by atoms with van der Waals surface area (Å²) < 4.78 is 5.21. The lowest BCUT2D eigenvalue weighted by Gasteiger charge is -2.34. The first-order valence-corrected chi connectivity index (χ1v) is 4.15. The Morgan fingerprint density at radius 1 is 1.67 bits per heavy atom. The monoisotopic (exact) mass is 173 g/mol. The molecule has 1 aliphatic heterocycles. The van der Waals surface area contributed by atoms with E-state index in [9.17, 15) is 4.79 Å². The van der Waals surface area contributed by atoms with E-state index in [0.717, 1.165) is 6.42 Å². The van der Waals surface area contributed by atoms with Gasteiger partial charge in [-0.2, -0.15) is 0 Å². The molecule has 0 aliphatic carbocycles. The number of nitrogens with zero attached hydrogens (tertiary/aromatic N) is 1. The van der Waals surface area contributed by atoms with Crippen molar-refractivity contribution in [2.75, 3.05) is 20.2 Å². The number of likely N-dealkylation sites (tertiary alicyclic amines) is 1. The molecule has 0 radical (unpaired) electrons. The van der Waals surface area contributed by atoms with Gasteiger partial charge in [-0.15, -0.1) is 0 Å². The fourth-order valence-corrected chi connectivity index (χ4v) is 1.65. The molecule has 70 valence electrons. The van der Waals surface area contributed by atoms with E-state index in [0.29, 0.717) is 19.0 Å². The Kier molecular flexibility index (Phi) is 2.92. The van der Waals surface area contributed by atoms with Gasteiger partial charge in [0.05, 0.1) is 6.10 Å².